The third kappa shape index (κ3) is 2.55. The van der Waals surface area contributed by atoms with Gasteiger partial charge in [0, 0.05) is 5.75 Å². The van der Waals surface area contributed by atoms with Gasteiger partial charge in [0.15, 0.2) is 5.17 Å². The van der Waals surface area contributed by atoms with E-state index in [1.54, 1.807) is 0 Å². The van der Waals surface area contributed by atoms with E-state index in [1.165, 1.54) is 11.8 Å². The van der Waals surface area contributed by atoms with Gasteiger partial charge in [-0.3, -0.25) is 19.9 Å². The number of ketones is 1. The Kier molecular flexibility index (Phi) is 3.02. The molecule has 0 aromatic carbocycles. The number of aliphatic imine (C=N–C) groups is 1. The van der Waals surface area contributed by atoms with Crippen LogP contribution in [0, 0.1) is 0 Å². The summed E-state index contributed by atoms with van der Waals surface area (Å²) in [4.78, 5) is 35.2. The molecule has 1 aliphatic heterocycles. The Balaban J connectivity index is 2.50. The molecule has 0 saturated heterocycles. The highest BCUT2D eigenvalue weighted by Crippen LogP contribution is 2.08. The summed E-state index contributed by atoms with van der Waals surface area (Å²) in [6, 6.07) is 0. The van der Waals surface area contributed by atoms with Crippen LogP contribution in [0.2, 0.25) is 0 Å². The van der Waals surface area contributed by atoms with E-state index in [0.29, 0.717) is 11.7 Å². The standard InChI is InChI=1S/C6H6N2O4S/c9-3(5(11)12)4(10)8-6-7-1-2-13-6/h1-2H2,(H,11,12)(H,7,8,10). The van der Waals surface area contributed by atoms with E-state index in [9.17, 15) is 14.4 Å². The van der Waals surface area contributed by atoms with E-state index >= 15 is 0 Å². The monoisotopic (exact) mass is 202 g/mol. The summed E-state index contributed by atoms with van der Waals surface area (Å²) in [5.41, 5.74) is 0. The summed E-state index contributed by atoms with van der Waals surface area (Å²) in [5, 5.41) is 10.6. The molecule has 0 atom stereocenters. The molecule has 1 amide bonds. The van der Waals surface area contributed by atoms with Crippen LogP contribution in [-0.4, -0.2) is 40.2 Å². The maximum atomic E-state index is 10.8. The van der Waals surface area contributed by atoms with Gasteiger partial charge in [0.2, 0.25) is 0 Å². The van der Waals surface area contributed by atoms with Crippen LogP contribution in [0.1, 0.15) is 0 Å². The summed E-state index contributed by atoms with van der Waals surface area (Å²) in [5.74, 6) is -3.66. The molecule has 2 N–H and O–H groups in total. The summed E-state index contributed by atoms with van der Waals surface area (Å²) in [6.45, 7) is 0.571. The quantitative estimate of drug-likeness (QED) is 0.436. The third-order valence-corrected chi connectivity index (χ3v) is 2.10. The fourth-order valence-corrected chi connectivity index (χ4v) is 1.39. The molecule has 1 heterocycles. The average molecular weight is 202 g/mol. The zero-order chi connectivity index (χ0) is 9.84. The Morgan fingerprint density at radius 3 is 2.62 bits per heavy atom. The number of nitrogens with one attached hydrogen (secondary N) is 1. The average Bonchev–Trinajstić information content (AvgIpc) is 2.55. The molecule has 13 heavy (non-hydrogen) atoms. The SMILES string of the molecule is O=C(O)C(=O)C(=O)NC1=NCCS1. The minimum atomic E-state index is -1.76. The van der Waals surface area contributed by atoms with Crippen molar-refractivity contribution in [3.8, 4) is 0 Å². The first-order chi connectivity index (χ1) is 6.11. The van der Waals surface area contributed by atoms with Crippen molar-refractivity contribution in [2.75, 3.05) is 12.3 Å². The Morgan fingerprint density at radius 2 is 2.15 bits per heavy atom. The zero-order valence-electron chi connectivity index (χ0n) is 6.44. The summed E-state index contributed by atoms with van der Waals surface area (Å²) < 4.78 is 0. The first-order valence-electron chi connectivity index (χ1n) is 3.37. The van der Waals surface area contributed by atoms with Gasteiger partial charge in [-0.1, -0.05) is 11.8 Å². The van der Waals surface area contributed by atoms with Gasteiger partial charge in [-0.2, -0.15) is 0 Å². The third-order valence-electron chi connectivity index (χ3n) is 1.21. The normalized spacial score (nSPS) is 14.9. The first-order valence-corrected chi connectivity index (χ1v) is 4.35. The Hall–Kier alpha value is -1.37. The van der Waals surface area contributed by atoms with Gasteiger partial charge in [-0.15, -0.1) is 0 Å². The fourth-order valence-electron chi connectivity index (χ4n) is 0.662. The summed E-state index contributed by atoms with van der Waals surface area (Å²) in [7, 11) is 0. The Morgan fingerprint density at radius 1 is 1.46 bits per heavy atom. The van der Waals surface area contributed by atoms with Crippen LogP contribution in [0.4, 0.5) is 0 Å². The highest BCUT2D eigenvalue weighted by Gasteiger charge is 2.23. The van der Waals surface area contributed by atoms with Crippen LogP contribution in [0.25, 0.3) is 0 Å². The number of hydrogen-bond acceptors (Lipinski definition) is 5. The number of carboxylic acid groups (broad SMARTS) is 1. The predicted octanol–water partition coefficient (Wildman–Crippen LogP) is -1.14. The molecule has 0 bridgehead atoms. The molecule has 70 valence electrons. The minimum Gasteiger partial charge on any atom is -0.475 e. The van der Waals surface area contributed by atoms with Crippen LogP contribution in [0.3, 0.4) is 0 Å². The van der Waals surface area contributed by atoms with E-state index in [0.717, 1.165) is 5.75 Å². The van der Waals surface area contributed by atoms with E-state index in [4.69, 9.17) is 5.11 Å². The van der Waals surface area contributed by atoms with Crippen molar-refractivity contribution in [1.29, 1.82) is 0 Å². The van der Waals surface area contributed by atoms with Crippen molar-refractivity contribution < 1.29 is 19.5 Å². The van der Waals surface area contributed by atoms with E-state index < -0.39 is 17.7 Å². The van der Waals surface area contributed by atoms with Gasteiger partial charge >= 0.3 is 17.7 Å². The number of aliphatic carboxylic acids is 1. The lowest BCUT2D eigenvalue weighted by atomic mass is 10.4. The number of thioether (sulfide) groups is 1. The summed E-state index contributed by atoms with van der Waals surface area (Å²) in [6.07, 6.45) is 0. The summed E-state index contributed by atoms with van der Waals surface area (Å²) >= 11 is 1.27. The highest BCUT2D eigenvalue weighted by atomic mass is 32.2. The van der Waals surface area contributed by atoms with Crippen LogP contribution in [0.5, 0.6) is 0 Å². The lowest BCUT2D eigenvalue weighted by Crippen LogP contribution is -2.37. The smallest absolute Gasteiger partial charge is 0.382 e. The molecule has 0 radical (unpaired) electrons. The Bertz CT molecular complexity index is 299. The van der Waals surface area contributed by atoms with Gasteiger partial charge in [0.05, 0.1) is 6.54 Å². The van der Waals surface area contributed by atoms with Crippen LogP contribution in [-0.2, 0) is 14.4 Å². The van der Waals surface area contributed by atoms with E-state index in [1.807, 2.05) is 0 Å². The van der Waals surface area contributed by atoms with Crippen LogP contribution >= 0.6 is 11.8 Å². The number of carboxylic acids is 1. The topological polar surface area (TPSA) is 95.8 Å². The highest BCUT2D eigenvalue weighted by molar-refractivity contribution is 8.14. The number of Topliss-reactive ketones (excluding diaryl/α,β-unsaturated/α-hetero) is 1. The predicted molar refractivity (Wildman–Crippen MR) is 45.5 cm³/mol. The molecular weight excluding hydrogens is 196 g/mol. The van der Waals surface area contributed by atoms with E-state index in [2.05, 4.69) is 10.3 Å². The van der Waals surface area contributed by atoms with Gasteiger partial charge in [0.1, 0.15) is 0 Å². The second-order valence-corrected chi connectivity index (χ2v) is 3.21. The first kappa shape index (κ1) is 9.72. The molecule has 1 rings (SSSR count). The fraction of sp³-hybridized carbons (Fsp3) is 0.333. The second-order valence-electron chi connectivity index (χ2n) is 2.12. The van der Waals surface area contributed by atoms with Crippen molar-refractivity contribution >= 4 is 34.6 Å². The molecule has 7 heteroatoms. The van der Waals surface area contributed by atoms with E-state index in [-0.39, 0.29) is 0 Å². The van der Waals surface area contributed by atoms with Crippen molar-refractivity contribution in [3.63, 3.8) is 0 Å². The molecule has 0 saturated carbocycles. The number of amides is 1. The van der Waals surface area contributed by atoms with Crippen molar-refractivity contribution in [1.82, 2.24) is 5.32 Å². The molecule has 0 fully saturated rings. The lowest BCUT2D eigenvalue weighted by Gasteiger charge is -1.98. The van der Waals surface area contributed by atoms with Crippen LogP contribution in [0.15, 0.2) is 4.99 Å². The van der Waals surface area contributed by atoms with Gasteiger partial charge in [-0.25, -0.2) is 4.79 Å². The molecule has 0 aromatic heterocycles. The number of nitrogens with zero attached hydrogens (tertiary/aromatic N) is 1. The largest absolute Gasteiger partial charge is 0.475 e. The number of carbonyl (C=O) groups is 3. The van der Waals surface area contributed by atoms with Crippen molar-refractivity contribution in [3.05, 3.63) is 0 Å². The molecule has 0 aliphatic carbocycles. The maximum Gasteiger partial charge on any atom is 0.382 e. The van der Waals surface area contributed by atoms with Gasteiger partial charge in [0.25, 0.3) is 0 Å². The minimum absolute atomic E-state index is 0.305. The molecule has 0 spiro atoms. The molecule has 0 unspecified atom stereocenters. The van der Waals surface area contributed by atoms with Crippen molar-refractivity contribution in [2.45, 2.75) is 0 Å². The number of amidine groups is 1. The second kappa shape index (κ2) is 4.04. The molecular formula is C6H6N2O4S. The molecule has 1 aliphatic rings. The van der Waals surface area contributed by atoms with Gasteiger partial charge in [-0.05, 0) is 0 Å². The number of rotatable bonds is 2. The maximum absolute atomic E-state index is 10.8. The van der Waals surface area contributed by atoms with Gasteiger partial charge < -0.3 is 5.11 Å². The van der Waals surface area contributed by atoms with Crippen LogP contribution < -0.4 is 5.32 Å². The van der Waals surface area contributed by atoms with Crippen molar-refractivity contribution in [2.24, 2.45) is 4.99 Å². The lowest BCUT2D eigenvalue weighted by molar-refractivity contribution is -0.153. The number of carbonyl (C=O) groups excluding carboxylic acids is 2. The number of hydrogen-bond donors (Lipinski definition) is 2. The molecule has 6 nitrogen and oxygen atoms in total. The molecule has 0 aromatic rings. The zero-order valence-corrected chi connectivity index (χ0v) is 7.26. The Labute approximate surface area is 77.4 Å².